The Hall–Kier alpha value is 1.36. The van der Waals surface area contributed by atoms with Crippen molar-refractivity contribution in [3.05, 3.63) is 0 Å². The van der Waals surface area contributed by atoms with Crippen molar-refractivity contribution in [2.45, 2.75) is 0 Å². The molecular formula is H6O9P4. The summed E-state index contributed by atoms with van der Waals surface area (Å²) in [6.45, 7) is 0. The summed E-state index contributed by atoms with van der Waals surface area (Å²) < 4.78 is 11.9. The molecule has 0 aromatic carbocycles. The van der Waals surface area contributed by atoms with E-state index in [1.807, 2.05) is 0 Å². The van der Waals surface area contributed by atoms with Gasteiger partial charge in [0.05, 0.1) is 0 Å². The van der Waals surface area contributed by atoms with Gasteiger partial charge in [-0.2, -0.15) is 0 Å². The minimum Gasteiger partial charge on any atom is -0.328 e. The molecule has 0 aliphatic carbocycles. The fourth-order valence-corrected chi connectivity index (χ4v) is 2.47. The highest BCUT2D eigenvalue weighted by atomic mass is 31.3. The second kappa shape index (κ2) is 7.63. The van der Waals surface area contributed by atoms with E-state index in [4.69, 9.17) is 29.4 Å². The van der Waals surface area contributed by atoms with Gasteiger partial charge in [0, 0.05) is 0 Å². The van der Waals surface area contributed by atoms with Crippen molar-refractivity contribution < 1.29 is 42.3 Å². The zero-order valence-corrected chi connectivity index (χ0v) is 9.27. The lowest BCUT2D eigenvalue weighted by Crippen LogP contribution is -1.84. The van der Waals surface area contributed by atoms with E-state index in [1.165, 1.54) is 0 Å². The molecule has 9 nitrogen and oxygen atoms in total. The smallest absolute Gasteiger partial charge is 0.328 e. The molecule has 0 aliphatic rings. The van der Waals surface area contributed by atoms with Crippen LogP contribution in [0.5, 0.6) is 0 Å². The normalized spacial score (nSPS) is 16.6. The van der Waals surface area contributed by atoms with Crippen molar-refractivity contribution in [1.29, 1.82) is 0 Å². The Bertz CT molecular complexity index is 111. The zero-order chi connectivity index (χ0) is 10.4. The minimum absolute atomic E-state index is 2.72. The van der Waals surface area contributed by atoms with Crippen LogP contribution in [0.25, 0.3) is 0 Å². The molecule has 0 amide bonds. The molecule has 0 aliphatic heterocycles. The first kappa shape index (κ1) is 14.4. The van der Waals surface area contributed by atoms with Crippen LogP contribution in [0.4, 0.5) is 0 Å². The molecule has 2 unspecified atom stereocenters. The van der Waals surface area contributed by atoms with Gasteiger partial charge in [-0.3, -0.25) is 0 Å². The van der Waals surface area contributed by atoms with Crippen molar-refractivity contribution in [3.63, 3.8) is 0 Å². The van der Waals surface area contributed by atoms with Gasteiger partial charge in [-0.1, -0.05) is 0 Å². The predicted molar refractivity (Wildman–Crippen MR) is 44.2 cm³/mol. The van der Waals surface area contributed by atoms with Gasteiger partial charge >= 0.3 is 34.4 Å². The van der Waals surface area contributed by atoms with E-state index in [0.29, 0.717) is 0 Å². The van der Waals surface area contributed by atoms with E-state index in [9.17, 15) is 0 Å². The molecule has 13 heteroatoms. The molecule has 0 heterocycles. The topological polar surface area (TPSA) is 149 Å². The van der Waals surface area contributed by atoms with Crippen LogP contribution in [0.15, 0.2) is 0 Å². The summed E-state index contributed by atoms with van der Waals surface area (Å²) in [6.07, 6.45) is 0. The van der Waals surface area contributed by atoms with Crippen molar-refractivity contribution in [3.8, 4) is 0 Å². The summed E-state index contributed by atoms with van der Waals surface area (Å²) in [5, 5.41) is 0. The lowest BCUT2D eigenvalue weighted by atomic mass is 15.7. The van der Waals surface area contributed by atoms with E-state index in [2.05, 4.69) is 12.9 Å². The third-order valence-corrected chi connectivity index (χ3v) is 3.83. The summed E-state index contributed by atoms with van der Waals surface area (Å²) >= 11 is 0. The maximum absolute atomic E-state index is 8.64. The van der Waals surface area contributed by atoms with Crippen LogP contribution >= 0.6 is 34.4 Å². The molecule has 0 aromatic rings. The van der Waals surface area contributed by atoms with Gasteiger partial charge in [-0.25, -0.2) is 12.9 Å². The highest BCUT2D eigenvalue weighted by molar-refractivity contribution is 7.62. The second-order valence-corrected chi connectivity index (χ2v) is 5.15. The third kappa shape index (κ3) is 9.66. The fraction of sp³-hybridized carbons (Fsp3) is 0. The molecule has 0 bridgehead atoms. The number of hydrogen-bond acceptors (Lipinski definition) is 9. The summed E-state index contributed by atoms with van der Waals surface area (Å²) in [6, 6.07) is 0. The van der Waals surface area contributed by atoms with Crippen LogP contribution < -0.4 is 0 Å². The molecule has 0 rings (SSSR count). The molecule has 2 atom stereocenters. The molecule has 6 N–H and O–H groups in total. The summed E-state index contributed by atoms with van der Waals surface area (Å²) in [5.74, 6) is 0. The van der Waals surface area contributed by atoms with Crippen LogP contribution in [-0.2, 0) is 12.9 Å². The standard InChI is InChI=1S/H6O9P4/c1-10(2)7-12(5)9-13(6)8-11(3)4/h1-6H. The molecule has 0 saturated heterocycles. The first-order valence-electron chi connectivity index (χ1n) is 2.30. The molecule has 0 fully saturated rings. The molecule has 0 spiro atoms. The Morgan fingerprint density at radius 3 is 1.08 bits per heavy atom. The fourth-order valence-electron chi connectivity index (χ4n) is 0.215. The maximum atomic E-state index is 8.64. The summed E-state index contributed by atoms with van der Waals surface area (Å²) in [5.41, 5.74) is 0. The Morgan fingerprint density at radius 1 is 0.538 bits per heavy atom. The average Bonchev–Trinajstić information content (AvgIpc) is 1.80. The molecule has 0 saturated carbocycles. The van der Waals surface area contributed by atoms with Gasteiger partial charge in [0.2, 0.25) is 0 Å². The second-order valence-electron chi connectivity index (χ2n) is 1.23. The first-order chi connectivity index (χ1) is 5.91. The van der Waals surface area contributed by atoms with Gasteiger partial charge in [0.25, 0.3) is 0 Å². The SMILES string of the molecule is OP(O)OP(O)OP(O)OP(O)O. The Balaban J connectivity index is 3.58. The van der Waals surface area contributed by atoms with Crippen molar-refractivity contribution in [2.75, 3.05) is 0 Å². The van der Waals surface area contributed by atoms with Crippen LogP contribution in [0.3, 0.4) is 0 Å². The van der Waals surface area contributed by atoms with Crippen molar-refractivity contribution in [2.24, 2.45) is 0 Å². The van der Waals surface area contributed by atoms with Gasteiger partial charge in [-0.15, -0.1) is 0 Å². The quantitative estimate of drug-likeness (QED) is 0.365. The molecule has 80 valence electrons. The first-order valence-corrected chi connectivity index (χ1v) is 6.89. The Labute approximate surface area is 77.5 Å². The van der Waals surface area contributed by atoms with E-state index in [1.54, 1.807) is 0 Å². The van der Waals surface area contributed by atoms with Crippen LogP contribution in [0.2, 0.25) is 0 Å². The average molecular weight is 274 g/mol. The predicted octanol–water partition coefficient (Wildman–Crippen LogP) is -0.102. The van der Waals surface area contributed by atoms with Crippen molar-refractivity contribution in [1.82, 2.24) is 0 Å². The molecule has 0 radical (unpaired) electrons. The van der Waals surface area contributed by atoms with E-state index >= 15 is 0 Å². The monoisotopic (exact) mass is 274 g/mol. The number of hydrogen-bond donors (Lipinski definition) is 6. The summed E-state index contributed by atoms with van der Waals surface area (Å²) in [4.78, 5) is 50.0. The van der Waals surface area contributed by atoms with Crippen molar-refractivity contribution >= 4 is 34.4 Å². The minimum atomic E-state index is -2.81. The molecular weight excluding hydrogens is 268 g/mol. The zero-order valence-electron chi connectivity index (χ0n) is 5.70. The van der Waals surface area contributed by atoms with E-state index in [-0.39, 0.29) is 0 Å². The molecule has 0 aromatic heterocycles. The van der Waals surface area contributed by atoms with Gasteiger partial charge in [0.15, 0.2) is 0 Å². The lowest BCUT2D eigenvalue weighted by Gasteiger charge is -2.13. The molecule has 13 heavy (non-hydrogen) atoms. The largest absolute Gasteiger partial charge is 0.344 e. The highest BCUT2D eigenvalue weighted by Crippen LogP contribution is 2.58. The van der Waals surface area contributed by atoms with Crippen LogP contribution in [0.1, 0.15) is 0 Å². The Kier molecular flexibility index (Phi) is 8.42. The highest BCUT2D eigenvalue weighted by Gasteiger charge is 2.22. The number of rotatable bonds is 6. The maximum Gasteiger partial charge on any atom is 0.344 e. The van der Waals surface area contributed by atoms with Gasteiger partial charge in [-0.05, 0) is 0 Å². The van der Waals surface area contributed by atoms with E-state index in [0.717, 1.165) is 0 Å². The summed E-state index contributed by atoms with van der Waals surface area (Å²) in [7, 11) is -11.1. The van der Waals surface area contributed by atoms with E-state index < -0.39 is 34.4 Å². The van der Waals surface area contributed by atoms with Crippen LogP contribution in [-0.4, -0.2) is 29.4 Å². The Morgan fingerprint density at radius 2 is 0.846 bits per heavy atom. The van der Waals surface area contributed by atoms with Gasteiger partial charge in [0.1, 0.15) is 0 Å². The van der Waals surface area contributed by atoms with Crippen LogP contribution in [0, 0.1) is 0 Å². The lowest BCUT2D eigenvalue weighted by molar-refractivity contribution is 0.296. The van der Waals surface area contributed by atoms with Gasteiger partial charge < -0.3 is 29.4 Å². The third-order valence-electron chi connectivity index (χ3n) is 0.425.